The van der Waals surface area contributed by atoms with Gasteiger partial charge in [0.2, 0.25) is 0 Å². The van der Waals surface area contributed by atoms with E-state index in [2.05, 4.69) is 46.8 Å². The van der Waals surface area contributed by atoms with Crippen LogP contribution < -0.4 is 0 Å². The Morgan fingerprint density at radius 3 is 2.08 bits per heavy atom. The molecule has 12 heavy (non-hydrogen) atoms. The summed E-state index contributed by atoms with van der Waals surface area (Å²) in [5.41, 5.74) is 3.42. The van der Waals surface area contributed by atoms with Crippen LogP contribution in [0.3, 0.4) is 0 Å². The third-order valence-electron chi connectivity index (χ3n) is 2.51. The molecule has 0 bridgehead atoms. The van der Waals surface area contributed by atoms with Crippen LogP contribution in [0.4, 0.5) is 0 Å². The van der Waals surface area contributed by atoms with Crippen molar-refractivity contribution in [3.63, 3.8) is 0 Å². The Hall–Kier alpha value is -0.520. The van der Waals surface area contributed by atoms with Crippen LogP contribution in [0.1, 0.15) is 41.0 Å². The molecule has 0 aliphatic heterocycles. The minimum atomic E-state index is 0.330. The molecule has 0 unspecified atom stereocenters. The Bertz CT molecular complexity index is 221. The number of rotatable bonds is 1. The first-order chi connectivity index (χ1) is 5.41. The molecule has 0 saturated carbocycles. The van der Waals surface area contributed by atoms with Crippen molar-refractivity contribution in [1.29, 1.82) is 0 Å². The van der Waals surface area contributed by atoms with Gasteiger partial charge in [0.15, 0.2) is 0 Å². The van der Waals surface area contributed by atoms with Crippen molar-refractivity contribution in [1.82, 2.24) is 0 Å². The molecule has 0 aromatic heterocycles. The summed E-state index contributed by atoms with van der Waals surface area (Å²) < 4.78 is 0. The third-order valence-corrected chi connectivity index (χ3v) is 2.51. The van der Waals surface area contributed by atoms with E-state index in [0.717, 1.165) is 0 Å². The molecule has 0 heteroatoms. The molecular weight excluding hydrogens is 144 g/mol. The molecular formula is C12H20. The van der Waals surface area contributed by atoms with E-state index in [1.807, 2.05) is 0 Å². The van der Waals surface area contributed by atoms with Crippen molar-refractivity contribution >= 4 is 0 Å². The summed E-state index contributed by atoms with van der Waals surface area (Å²) in [5, 5.41) is 0. The maximum Gasteiger partial charge on any atom is -0.0127 e. The largest absolute Gasteiger partial charge is 0.0767 e. The van der Waals surface area contributed by atoms with Gasteiger partial charge in [-0.25, -0.2) is 0 Å². The van der Waals surface area contributed by atoms with Crippen molar-refractivity contribution in [2.75, 3.05) is 0 Å². The van der Waals surface area contributed by atoms with Crippen LogP contribution in [-0.2, 0) is 0 Å². The molecule has 0 aromatic carbocycles. The number of hydrogen-bond donors (Lipinski definition) is 0. The molecule has 0 spiro atoms. The van der Waals surface area contributed by atoms with E-state index < -0.39 is 0 Å². The van der Waals surface area contributed by atoms with E-state index in [4.69, 9.17) is 0 Å². The molecule has 0 fully saturated rings. The summed E-state index contributed by atoms with van der Waals surface area (Å²) in [4.78, 5) is 0. The van der Waals surface area contributed by atoms with Crippen LogP contribution in [0, 0.1) is 11.3 Å². The second-order valence-electron chi connectivity index (χ2n) is 4.99. The summed E-state index contributed by atoms with van der Waals surface area (Å²) in [7, 11) is 0. The van der Waals surface area contributed by atoms with E-state index in [9.17, 15) is 0 Å². The van der Waals surface area contributed by atoms with Gasteiger partial charge in [0.25, 0.3) is 0 Å². The molecule has 1 aliphatic carbocycles. The minimum Gasteiger partial charge on any atom is -0.0767 e. The van der Waals surface area contributed by atoms with Gasteiger partial charge in [-0.2, -0.15) is 0 Å². The lowest BCUT2D eigenvalue weighted by Crippen LogP contribution is -2.06. The van der Waals surface area contributed by atoms with Gasteiger partial charge in [-0.3, -0.25) is 0 Å². The maximum atomic E-state index is 2.38. The molecule has 0 aromatic rings. The first kappa shape index (κ1) is 9.57. The zero-order valence-electron chi connectivity index (χ0n) is 8.94. The van der Waals surface area contributed by atoms with E-state index in [1.165, 1.54) is 12.0 Å². The van der Waals surface area contributed by atoms with Gasteiger partial charge in [0, 0.05) is 0 Å². The smallest absolute Gasteiger partial charge is 0.0127 e. The van der Waals surface area contributed by atoms with Crippen LogP contribution in [0.5, 0.6) is 0 Å². The fourth-order valence-corrected chi connectivity index (χ4v) is 1.47. The summed E-state index contributed by atoms with van der Waals surface area (Å²) in [5.74, 6) is 0.709. The van der Waals surface area contributed by atoms with Crippen LogP contribution in [-0.4, -0.2) is 0 Å². The molecule has 0 N–H and O–H groups in total. The van der Waals surface area contributed by atoms with Crippen LogP contribution in [0.25, 0.3) is 0 Å². The standard InChI is InChI=1S/C12H20/c1-9(2)10-6-7-11(8-10)12(3,4)5/h7-9H,6H2,1-5H3. The van der Waals surface area contributed by atoms with Gasteiger partial charge in [-0.1, -0.05) is 52.3 Å². The van der Waals surface area contributed by atoms with E-state index in [1.54, 1.807) is 5.57 Å². The topological polar surface area (TPSA) is 0 Å². The van der Waals surface area contributed by atoms with Gasteiger partial charge in [0.1, 0.15) is 0 Å². The zero-order valence-corrected chi connectivity index (χ0v) is 8.94. The first-order valence-corrected chi connectivity index (χ1v) is 4.82. The summed E-state index contributed by atoms with van der Waals surface area (Å²) in [6.07, 6.45) is 5.92. The second-order valence-corrected chi connectivity index (χ2v) is 4.99. The Morgan fingerprint density at radius 1 is 1.25 bits per heavy atom. The monoisotopic (exact) mass is 164 g/mol. The predicted molar refractivity (Wildman–Crippen MR) is 55.1 cm³/mol. The highest BCUT2D eigenvalue weighted by molar-refractivity contribution is 5.36. The van der Waals surface area contributed by atoms with Crippen LogP contribution in [0.2, 0.25) is 0 Å². The van der Waals surface area contributed by atoms with Gasteiger partial charge in [0.05, 0.1) is 0 Å². The van der Waals surface area contributed by atoms with Gasteiger partial charge in [-0.15, -0.1) is 0 Å². The molecule has 0 amide bonds. The molecule has 1 aliphatic rings. The lowest BCUT2D eigenvalue weighted by Gasteiger charge is -2.18. The Labute approximate surface area is 76.4 Å². The number of hydrogen-bond acceptors (Lipinski definition) is 0. The fraction of sp³-hybridized carbons (Fsp3) is 0.667. The van der Waals surface area contributed by atoms with Gasteiger partial charge < -0.3 is 0 Å². The van der Waals surface area contributed by atoms with E-state index in [-0.39, 0.29) is 0 Å². The lowest BCUT2D eigenvalue weighted by atomic mass is 9.87. The molecule has 0 radical (unpaired) electrons. The van der Waals surface area contributed by atoms with E-state index in [0.29, 0.717) is 11.3 Å². The molecule has 0 heterocycles. The summed E-state index contributed by atoms with van der Waals surface area (Å²) in [6, 6.07) is 0. The van der Waals surface area contributed by atoms with Crippen molar-refractivity contribution in [2.24, 2.45) is 11.3 Å². The normalized spacial score (nSPS) is 18.2. The average Bonchev–Trinajstić information content (AvgIpc) is 2.30. The van der Waals surface area contributed by atoms with Gasteiger partial charge >= 0.3 is 0 Å². The molecule has 0 nitrogen and oxygen atoms in total. The SMILES string of the molecule is CC(C)C1=CC(C(C)(C)C)=CC1. The average molecular weight is 164 g/mol. The van der Waals surface area contributed by atoms with Crippen molar-refractivity contribution < 1.29 is 0 Å². The number of allylic oxidation sites excluding steroid dienone is 4. The zero-order chi connectivity index (χ0) is 9.35. The Balaban J connectivity index is 2.75. The second kappa shape index (κ2) is 3.08. The van der Waals surface area contributed by atoms with Crippen molar-refractivity contribution in [2.45, 2.75) is 41.0 Å². The predicted octanol–water partition coefficient (Wildman–Crippen LogP) is 3.95. The van der Waals surface area contributed by atoms with Crippen molar-refractivity contribution in [3.8, 4) is 0 Å². The highest BCUT2D eigenvalue weighted by Crippen LogP contribution is 2.34. The van der Waals surface area contributed by atoms with E-state index >= 15 is 0 Å². The van der Waals surface area contributed by atoms with Crippen LogP contribution >= 0.6 is 0 Å². The highest BCUT2D eigenvalue weighted by Gasteiger charge is 2.19. The first-order valence-electron chi connectivity index (χ1n) is 4.82. The van der Waals surface area contributed by atoms with Crippen molar-refractivity contribution in [3.05, 3.63) is 23.3 Å². The maximum absolute atomic E-state index is 2.38. The molecule has 0 saturated heterocycles. The Morgan fingerprint density at radius 2 is 1.83 bits per heavy atom. The summed E-state index contributed by atoms with van der Waals surface area (Å²) >= 11 is 0. The fourth-order valence-electron chi connectivity index (χ4n) is 1.47. The Kier molecular flexibility index (Phi) is 2.46. The third kappa shape index (κ3) is 2.00. The minimum absolute atomic E-state index is 0.330. The highest BCUT2D eigenvalue weighted by atomic mass is 14.2. The van der Waals surface area contributed by atoms with Crippen LogP contribution in [0.15, 0.2) is 23.3 Å². The lowest BCUT2D eigenvalue weighted by molar-refractivity contribution is 0.517. The molecule has 0 atom stereocenters. The molecule has 68 valence electrons. The molecule has 1 rings (SSSR count). The summed E-state index contributed by atoms with van der Waals surface area (Å²) in [6.45, 7) is 11.4. The van der Waals surface area contributed by atoms with Gasteiger partial charge in [-0.05, 0) is 23.3 Å². The quantitative estimate of drug-likeness (QED) is 0.550.